The number of piperidine rings is 1. The maximum atomic E-state index is 12.4. The molecule has 8 heteroatoms. The second-order valence-electron chi connectivity index (χ2n) is 7.16. The zero-order valence-electron chi connectivity index (χ0n) is 13.9. The molecule has 3 fully saturated rings. The van der Waals surface area contributed by atoms with Crippen LogP contribution in [-0.4, -0.2) is 73.5 Å². The molecule has 0 aromatic carbocycles. The molecule has 0 bridgehead atoms. The first kappa shape index (κ1) is 17.8. The van der Waals surface area contributed by atoms with Crippen molar-refractivity contribution in [2.45, 2.75) is 50.4 Å². The highest BCUT2D eigenvalue weighted by atomic mass is 19.4. The van der Waals surface area contributed by atoms with Crippen molar-refractivity contribution in [3.05, 3.63) is 0 Å². The van der Waals surface area contributed by atoms with Crippen molar-refractivity contribution in [3.8, 4) is 0 Å². The van der Waals surface area contributed by atoms with Gasteiger partial charge in [-0.3, -0.25) is 4.90 Å². The first-order valence-electron chi connectivity index (χ1n) is 8.87. The van der Waals surface area contributed by atoms with Crippen LogP contribution in [0.5, 0.6) is 0 Å². The van der Waals surface area contributed by atoms with Gasteiger partial charge >= 0.3 is 12.2 Å². The summed E-state index contributed by atoms with van der Waals surface area (Å²) in [4.78, 5) is 15.5. The van der Waals surface area contributed by atoms with Gasteiger partial charge in [-0.15, -0.1) is 0 Å². The summed E-state index contributed by atoms with van der Waals surface area (Å²) >= 11 is 0. The lowest BCUT2D eigenvalue weighted by Gasteiger charge is -2.35. The van der Waals surface area contributed by atoms with Crippen molar-refractivity contribution >= 4 is 6.03 Å². The van der Waals surface area contributed by atoms with Gasteiger partial charge in [0.15, 0.2) is 0 Å². The van der Waals surface area contributed by atoms with E-state index in [9.17, 15) is 18.0 Å². The van der Waals surface area contributed by atoms with E-state index < -0.39 is 12.7 Å². The maximum absolute atomic E-state index is 12.4. The number of rotatable bonds is 3. The monoisotopic (exact) mass is 349 g/mol. The highest BCUT2D eigenvalue weighted by Crippen LogP contribution is 2.29. The Morgan fingerprint density at radius 2 is 1.88 bits per heavy atom. The zero-order chi connectivity index (χ0) is 17.2. The maximum Gasteiger partial charge on any atom is 0.401 e. The summed E-state index contributed by atoms with van der Waals surface area (Å²) in [6.07, 6.45) is 0.888. The third-order valence-corrected chi connectivity index (χ3v) is 5.32. The van der Waals surface area contributed by atoms with Crippen molar-refractivity contribution in [2.24, 2.45) is 5.92 Å². The summed E-state index contributed by atoms with van der Waals surface area (Å²) in [5.74, 6) is 0.533. The van der Waals surface area contributed by atoms with E-state index >= 15 is 0 Å². The lowest BCUT2D eigenvalue weighted by Crippen LogP contribution is -2.49. The number of urea groups is 1. The van der Waals surface area contributed by atoms with Crippen LogP contribution in [0.4, 0.5) is 18.0 Å². The van der Waals surface area contributed by atoms with E-state index in [0.717, 1.165) is 32.3 Å². The first-order chi connectivity index (χ1) is 11.4. The molecule has 3 saturated heterocycles. The van der Waals surface area contributed by atoms with Crippen LogP contribution in [0, 0.1) is 5.92 Å². The molecule has 3 aliphatic heterocycles. The van der Waals surface area contributed by atoms with Crippen LogP contribution in [-0.2, 0) is 4.74 Å². The Bertz CT molecular complexity index is 433. The number of nitrogens with zero attached hydrogens (tertiary/aromatic N) is 2. The second-order valence-corrected chi connectivity index (χ2v) is 7.16. The minimum absolute atomic E-state index is 0.139. The van der Waals surface area contributed by atoms with E-state index in [1.165, 1.54) is 4.90 Å². The minimum atomic E-state index is -4.18. The number of carbonyl (C=O) groups is 1. The average molecular weight is 349 g/mol. The van der Waals surface area contributed by atoms with Crippen molar-refractivity contribution in [1.29, 1.82) is 0 Å². The number of nitrogens with one attached hydrogen (secondary N) is 1. The zero-order valence-corrected chi connectivity index (χ0v) is 13.9. The molecule has 24 heavy (non-hydrogen) atoms. The third-order valence-electron chi connectivity index (χ3n) is 5.32. The SMILES string of the molecule is O=C(N[C@H]1CCN(CC(F)(F)F)C1)N1CCC([C@@H]2CCCO2)CC1. The molecule has 1 N–H and O–H groups in total. The normalized spacial score (nSPS) is 30.0. The Labute approximate surface area is 140 Å². The van der Waals surface area contributed by atoms with Gasteiger partial charge in [-0.2, -0.15) is 13.2 Å². The van der Waals surface area contributed by atoms with Crippen molar-refractivity contribution < 1.29 is 22.7 Å². The molecule has 2 atom stereocenters. The Morgan fingerprint density at radius 1 is 1.12 bits per heavy atom. The van der Waals surface area contributed by atoms with Crippen molar-refractivity contribution in [3.63, 3.8) is 0 Å². The molecule has 0 unspecified atom stereocenters. The minimum Gasteiger partial charge on any atom is -0.378 e. The number of halogens is 3. The van der Waals surface area contributed by atoms with Crippen molar-refractivity contribution in [2.75, 3.05) is 39.3 Å². The van der Waals surface area contributed by atoms with Crippen LogP contribution < -0.4 is 5.32 Å². The highest BCUT2D eigenvalue weighted by molar-refractivity contribution is 5.74. The molecule has 2 amide bonds. The quantitative estimate of drug-likeness (QED) is 0.850. The number of ether oxygens (including phenoxy) is 1. The summed E-state index contributed by atoms with van der Waals surface area (Å²) < 4.78 is 42.9. The number of hydrogen-bond donors (Lipinski definition) is 1. The summed E-state index contributed by atoms with van der Waals surface area (Å²) in [7, 11) is 0. The highest BCUT2D eigenvalue weighted by Gasteiger charge is 2.36. The van der Waals surface area contributed by atoms with Gasteiger partial charge in [0.2, 0.25) is 0 Å². The molecule has 3 heterocycles. The summed E-state index contributed by atoms with van der Waals surface area (Å²) in [6.45, 7) is 2.02. The Kier molecular flexibility index (Phi) is 5.54. The van der Waals surface area contributed by atoms with Gasteiger partial charge in [0.05, 0.1) is 12.6 Å². The molecule has 0 radical (unpaired) electrons. The second kappa shape index (κ2) is 7.47. The molecule has 0 aliphatic carbocycles. The third kappa shape index (κ3) is 4.75. The average Bonchev–Trinajstić information content (AvgIpc) is 3.18. The van der Waals surface area contributed by atoms with Gasteiger partial charge in [0.1, 0.15) is 0 Å². The Morgan fingerprint density at radius 3 is 2.50 bits per heavy atom. The van der Waals surface area contributed by atoms with Crippen LogP contribution >= 0.6 is 0 Å². The molecule has 0 aromatic rings. The fourth-order valence-corrected chi connectivity index (χ4v) is 4.06. The summed E-state index contributed by atoms with van der Waals surface area (Å²) in [6, 6.07) is -0.324. The van der Waals surface area contributed by atoms with Crippen LogP contribution in [0.2, 0.25) is 0 Å². The number of alkyl halides is 3. The molecule has 5 nitrogen and oxygen atoms in total. The van der Waals surface area contributed by atoms with Gasteiger partial charge in [-0.25, -0.2) is 4.79 Å². The molecular weight excluding hydrogens is 323 g/mol. The van der Waals surface area contributed by atoms with E-state index in [0.29, 0.717) is 38.1 Å². The molecule has 0 saturated carbocycles. The predicted octanol–water partition coefficient (Wildman–Crippen LogP) is 2.22. The first-order valence-corrected chi connectivity index (χ1v) is 8.87. The van der Waals surface area contributed by atoms with Gasteiger partial charge in [-0.05, 0) is 38.0 Å². The van der Waals surface area contributed by atoms with E-state index in [4.69, 9.17) is 4.74 Å². The van der Waals surface area contributed by atoms with Crippen LogP contribution in [0.25, 0.3) is 0 Å². The molecule has 3 aliphatic rings. The van der Waals surface area contributed by atoms with E-state index in [2.05, 4.69) is 5.32 Å². The smallest absolute Gasteiger partial charge is 0.378 e. The number of carbonyl (C=O) groups excluding carboxylic acids is 1. The van der Waals surface area contributed by atoms with E-state index in [1.807, 2.05) is 0 Å². The van der Waals surface area contributed by atoms with E-state index in [-0.39, 0.29) is 18.6 Å². The van der Waals surface area contributed by atoms with Crippen molar-refractivity contribution in [1.82, 2.24) is 15.1 Å². The van der Waals surface area contributed by atoms with Gasteiger partial charge in [0, 0.05) is 38.8 Å². The van der Waals surface area contributed by atoms with Gasteiger partial charge in [0.25, 0.3) is 0 Å². The topological polar surface area (TPSA) is 44.8 Å². The Hall–Kier alpha value is -1.02. The summed E-state index contributed by atoms with van der Waals surface area (Å²) in [5, 5.41) is 2.90. The molecule has 0 aromatic heterocycles. The number of likely N-dealkylation sites (tertiary alicyclic amines) is 2. The fraction of sp³-hybridized carbons (Fsp3) is 0.938. The molecule has 3 rings (SSSR count). The molecule has 138 valence electrons. The summed E-state index contributed by atoms with van der Waals surface area (Å²) in [5.41, 5.74) is 0. The largest absolute Gasteiger partial charge is 0.401 e. The van der Waals surface area contributed by atoms with Gasteiger partial charge in [-0.1, -0.05) is 0 Å². The molecular formula is C16H26F3N3O2. The Balaban J connectivity index is 1.38. The fourth-order valence-electron chi connectivity index (χ4n) is 4.06. The number of amides is 2. The number of hydrogen-bond acceptors (Lipinski definition) is 3. The van der Waals surface area contributed by atoms with Crippen LogP contribution in [0.15, 0.2) is 0 Å². The lowest BCUT2D eigenvalue weighted by molar-refractivity contribution is -0.143. The standard InChI is InChI=1S/C16H26F3N3O2/c17-16(18,19)11-21-6-5-13(10-21)20-15(23)22-7-3-12(4-8-22)14-2-1-9-24-14/h12-14H,1-11H2,(H,20,23)/t13-,14-/m0/s1. The molecule has 0 spiro atoms. The van der Waals surface area contributed by atoms with E-state index in [1.54, 1.807) is 4.90 Å². The van der Waals surface area contributed by atoms with Gasteiger partial charge < -0.3 is 15.0 Å². The lowest BCUT2D eigenvalue weighted by atomic mass is 9.90. The van der Waals surface area contributed by atoms with Crippen LogP contribution in [0.3, 0.4) is 0 Å². The van der Waals surface area contributed by atoms with Crippen LogP contribution in [0.1, 0.15) is 32.1 Å². The predicted molar refractivity (Wildman–Crippen MR) is 82.7 cm³/mol.